The molecule has 1 aliphatic rings. The van der Waals surface area contributed by atoms with Crippen molar-refractivity contribution in [3.63, 3.8) is 0 Å². The number of hydrogen-bond donors (Lipinski definition) is 0. The Balaban J connectivity index is 1.75. The molecule has 0 radical (unpaired) electrons. The molecule has 1 aliphatic carbocycles. The summed E-state index contributed by atoms with van der Waals surface area (Å²) in [5.74, 6) is 1.32. The van der Waals surface area contributed by atoms with Crippen LogP contribution in [0.5, 0.6) is 0 Å². The highest BCUT2D eigenvalue weighted by atomic mass is 14.2. The second-order valence-corrected chi connectivity index (χ2v) is 6.18. The summed E-state index contributed by atoms with van der Waals surface area (Å²) in [6.45, 7) is 4.68. The van der Waals surface area contributed by atoms with Crippen LogP contribution in [0.15, 0.2) is 48.5 Å². The van der Waals surface area contributed by atoms with Gasteiger partial charge in [-0.25, -0.2) is 0 Å². The third-order valence-corrected chi connectivity index (χ3v) is 4.86. The zero-order valence-electron chi connectivity index (χ0n) is 12.6. The van der Waals surface area contributed by atoms with Gasteiger partial charge in [0.15, 0.2) is 0 Å². The Labute approximate surface area is 122 Å². The lowest BCUT2D eigenvalue weighted by Crippen LogP contribution is -2.10. The molecular formula is C20H24. The van der Waals surface area contributed by atoms with Crippen molar-refractivity contribution in [1.29, 1.82) is 0 Å². The standard InChI is InChI=1S/C20H24/c1-3-16(13-15(2)17-7-5-4-6-8-17)19-11-9-18-10-12-20(18)14-19/h4-9,11,14-16H,3,10,12-13H2,1-2H3. The van der Waals surface area contributed by atoms with E-state index in [1.807, 2.05) is 0 Å². The SMILES string of the molecule is CCC(CC(C)c1ccccc1)c1ccc2c(c1)CC2. The molecule has 0 heterocycles. The minimum Gasteiger partial charge on any atom is -0.0648 e. The first-order valence-electron chi connectivity index (χ1n) is 7.94. The van der Waals surface area contributed by atoms with E-state index in [-0.39, 0.29) is 0 Å². The van der Waals surface area contributed by atoms with E-state index < -0.39 is 0 Å². The highest BCUT2D eigenvalue weighted by Gasteiger charge is 2.18. The predicted octanol–water partition coefficient (Wildman–Crippen LogP) is 5.47. The molecule has 0 aromatic heterocycles. The number of fused-ring (bicyclic) bond motifs is 1. The molecule has 0 nitrogen and oxygen atoms in total. The Kier molecular flexibility index (Phi) is 3.91. The highest BCUT2D eigenvalue weighted by molar-refractivity contribution is 5.40. The van der Waals surface area contributed by atoms with Crippen molar-refractivity contribution in [3.8, 4) is 0 Å². The number of aryl methyl sites for hydroxylation is 2. The molecule has 0 aliphatic heterocycles. The molecule has 0 heteroatoms. The van der Waals surface area contributed by atoms with Gasteiger partial charge in [0.1, 0.15) is 0 Å². The van der Waals surface area contributed by atoms with Crippen LogP contribution in [0.2, 0.25) is 0 Å². The Morgan fingerprint density at radius 1 is 0.900 bits per heavy atom. The first kappa shape index (κ1) is 13.4. The van der Waals surface area contributed by atoms with Gasteiger partial charge in [0.25, 0.3) is 0 Å². The third-order valence-electron chi connectivity index (χ3n) is 4.86. The largest absolute Gasteiger partial charge is 0.0648 e. The fourth-order valence-corrected chi connectivity index (χ4v) is 3.35. The zero-order chi connectivity index (χ0) is 13.9. The highest BCUT2D eigenvalue weighted by Crippen LogP contribution is 2.34. The summed E-state index contributed by atoms with van der Waals surface area (Å²) in [6, 6.07) is 18.1. The molecule has 20 heavy (non-hydrogen) atoms. The monoisotopic (exact) mass is 264 g/mol. The van der Waals surface area contributed by atoms with Crippen LogP contribution in [0.1, 0.15) is 60.8 Å². The van der Waals surface area contributed by atoms with E-state index in [1.54, 1.807) is 16.7 Å². The molecule has 104 valence electrons. The Bertz CT molecular complexity index is 568. The summed E-state index contributed by atoms with van der Waals surface area (Å²) in [5, 5.41) is 0. The zero-order valence-corrected chi connectivity index (χ0v) is 12.6. The summed E-state index contributed by atoms with van der Waals surface area (Å²) in [7, 11) is 0. The van der Waals surface area contributed by atoms with Gasteiger partial charge in [-0.05, 0) is 59.8 Å². The van der Waals surface area contributed by atoms with E-state index in [1.165, 1.54) is 31.2 Å². The second-order valence-electron chi connectivity index (χ2n) is 6.18. The van der Waals surface area contributed by atoms with Crippen molar-refractivity contribution < 1.29 is 0 Å². The maximum absolute atomic E-state index is 2.46. The van der Waals surface area contributed by atoms with Gasteiger partial charge in [-0.1, -0.05) is 62.4 Å². The smallest absolute Gasteiger partial charge is 0.0159 e. The van der Waals surface area contributed by atoms with Crippen LogP contribution in [0.25, 0.3) is 0 Å². The number of hydrogen-bond acceptors (Lipinski definition) is 0. The first-order valence-corrected chi connectivity index (χ1v) is 7.94. The Morgan fingerprint density at radius 2 is 1.65 bits per heavy atom. The van der Waals surface area contributed by atoms with E-state index in [0.29, 0.717) is 11.8 Å². The molecule has 2 aromatic rings. The number of rotatable bonds is 5. The van der Waals surface area contributed by atoms with Crippen LogP contribution in [-0.4, -0.2) is 0 Å². The summed E-state index contributed by atoms with van der Waals surface area (Å²) in [4.78, 5) is 0. The van der Waals surface area contributed by atoms with E-state index in [0.717, 1.165) is 0 Å². The van der Waals surface area contributed by atoms with Crippen molar-refractivity contribution in [3.05, 3.63) is 70.8 Å². The molecule has 3 rings (SSSR count). The van der Waals surface area contributed by atoms with Crippen molar-refractivity contribution in [2.24, 2.45) is 0 Å². The van der Waals surface area contributed by atoms with Crippen LogP contribution in [0.3, 0.4) is 0 Å². The topological polar surface area (TPSA) is 0 Å². The van der Waals surface area contributed by atoms with Gasteiger partial charge in [-0.2, -0.15) is 0 Å². The van der Waals surface area contributed by atoms with E-state index in [9.17, 15) is 0 Å². The molecule has 0 N–H and O–H groups in total. The van der Waals surface area contributed by atoms with Crippen molar-refractivity contribution in [2.45, 2.75) is 51.4 Å². The van der Waals surface area contributed by atoms with Gasteiger partial charge >= 0.3 is 0 Å². The van der Waals surface area contributed by atoms with Crippen molar-refractivity contribution in [1.82, 2.24) is 0 Å². The van der Waals surface area contributed by atoms with Crippen LogP contribution in [0.4, 0.5) is 0 Å². The minimum absolute atomic E-state index is 0.632. The summed E-state index contributed by atoms with van der Waals surface area (Å²) < 4.78 is 0. The van der Waals surface area contributed by atoms with Gasteiger partial charge in [-0.15, -0.1) is 0 Å². The van der Waals surface area contributed by atoms with Gasteiger partial charge in [0.05, 0.1) is 0 Å². The van der Waals surface area contributed by atoms with E-state index >= 15 is 0 Å². The predicted molar refractivity (Wildman–Crippen MR) is 86.4 cm³/mol. The van der Waals surface area contributed by atoms with Gasteiger partial charge < -0.3 is 0 Å². The Hall–Kier alpha value is -1.56. The molecule has 0 amide bonds. The second kappa shape index (κ2) is 5.83. The van der Waals surface area contributed by atoms with Gasteiger partial charge in [0.2, 0.25) is 0 Å². The van der Waals surface area contributed by atoms with Gasteiger partial charge in [0, 0.05) is 0 Å². The average Bonchev–Trinajstić information content (AvgIpc) is 2.47. The summed E-state index contributed by atoms with van der Waals surface area (Å²) in [5.41, 5.74) is 6.18. The fourth-order valence-electron chi connectivity index (χ4n) is 3.35. The molecular weight excluding hydrogens is 240 g/mol. The van der Waals surface area contributed by atoms with Gasteiger partial charge in [-0.3, -0.25) is 0 Å². The van der Waals surface area contributed by atoms with Crippen LogP contribution < -0.4 is 0 Å². The average molecular weight is 264 g/mol. The van der Waals surface area contributed by atoms with Crippen molar-refractivity contribution >= 4 is 0 Å². The van der Waals surface area contributed by atoms with Crippen molar-refractivity contribution in [2.75, 3.05) is 0 Å². The van der Waals surface area contributed by atoms with Crippen LogP contribution in [-0.2, 0) is 12.8 Å². The molecule has 0 spiro atoms. The molecule has 0 saturated heterocycles. The molecule has 0 saturated carbocycles. The molecule has 0 bridgehead atoms. The molecule has 0 fully saturated rings. The fraction of sp³-hybridized carbons (Fsp3) is 0.400. The summed E-state index contributed by atoms with van der Waals surface area (Å²) >= 11 is 0. The number of benzene rings is 2. The lowest BCUT2D eigenvalue weighted by molar-refractivity contribution is 0.543. The minimum atomic E-state index is 0.632. The maximum atomic E-state index is 2.46. The van der Waals surface area contributed by atoms with Crippen LogP contribution >= 0.6 is 0 Å². The normalized spacial score (nSPS) is 16.1. The summed E-state index contributed by atoms with van der Waals surface area (Å²) in [6.07, 6.45) is 5.05. The Morgan fingerprint density at radius 3 is 2.25 bits per heavy atom. The lowest BCUT2D eigenvalue weighted by Gasteiger charge is -2.25. The lowest BCUT2D eigenvalue weighted by atomic mass is 9.80. The first-order chi connectivity index (χ1) is 9.78. The maximum Gasteiger partial charge on any atom is -0.0159 e. The van der Waals surface area contributed by atoms with Crippen LogP contribution in [0, 0.1) is 0 Å². The molecule has 2 atom stereocenters. The van der Waals surface area contributed by atoms with E-state index in [2.05, 4.69) is 62.4 Å². The quantitative estimate of drug-likeness (QED) is 0.671. The molecule has 2 aromatic carbocycles. The van der Waals surface area contributed by atoms with E-state index in [4.69, 9.17) is 0 Å². The third kappa shape index (κ3) is 2.65. The molecule has 2 unspecified atom stereocenters.